The van der Waals surface area contributed by atoms with Crippen molar-refractivity contribution in [3.8, 4) is 11.1 Å². The van der Waals surface area contributed by atoms with E-state index in [9.17, 15) is 4.39 Å². The standard InChI is InChI=1S/C13H9.C13H21.C7H5F.2ClH.Zr/c1-3-7-12-10(5-1)9-11-6-2-4-8-13(11)12;1-6-10-8-11(7-2)12(9-10)13(3,4)5;1-6-2-4-7(8)5-3-6;;;/h1-5,7-8H,9H2;9-10H,6-7H2,1-5H3;1-5H;2*1H;/q;;;;;+2/p-2. The maximum atomic E-state index is 13.8. The van der Waals surface area contributed by atoms with Gasteiger partial charge in [-0.1, -0.05) is 0 Å². The molecule has 0 aromatic heterocycles. The van der Waals surface area contributed by atoms with Crippen molar-refractivity contribution in [2.45, 2.75) is 53.9 Å². The van der Waals surface area contributed by atoms with E-state index in [-0.39, 0.29) is 36.0 Å². The first kappa shape index (κ1) is 30.0. The van der Waals surface area contributed by atoms with Crippen molar-refractivity contribution >= 4 is 6.98 Å². The molecule has 4 heteroatoms. The first-order valence-corrected chi connectivity index (χ1v) is 16.8. The summed E-state index contributed by atoms with van der Waals surface area (Å²) in [6.45, 7) is 11.7. The van der Waals surface area contributed by atoms with Crippen LogP contribution in [0.5, 0.6) is 0 Å². The first-order valence-electron chi connectivity index (χ1n) is 13.0. The molecule has 2 aliphatic carbocycles. The van der Waals surface area contributed by atoms with Gasteiger partial charge < -0.3 is 24.8 Å². The summed E-state index contributed by atoms with van der Waals surface area (Å²) in [5, 5.41) is 0. The summed E-state index contributed by atoms with van der Waals surface area (Å²) in [7, 11) is 0. The summed E-state index contributed by atoms with van der Waals surface area (Å²) >= 11 is -2.53. The van der Waals surface area contributed by atoms with Crippen LogP contribution in [0, 0.1) is 17.2 Å². The van der Waals surface area contributed by atoms with Crippen LogP contribution in [0.1, 0.15) is 64.2 Å². The zero-order chi connectivity index (χ0) is 24.7. The van der Waals surface area contributed by atoms with Crippen LogP contribution in [0.4, 0.5) is 4.39 Å². The first-order chi connectivity index (χ1) is 16.8. The van der Waals surface area contributed by atoms with E-state index < -0.39 is 21.3 Å². The Morgan fingerprint density at radius 3 is 2.22 bits per heavy atom. The fraction of sp³-hybridized carbons (Fsp3) is 0.303. The molecular formula is C33H35Cl2FZr. The Morgan fingerprint density at radius 2 is 1.57 bits per heavy atom. The van der Waals surface area contributed by atoms with Crippen molar-refractivity contribution in [2.75, 3.05) is 0 Å². The monoisotopic (exact) mass is 610 g/mol. The summed E-state index contributed by atoms with van der Waals surface area (Å²) in [5.41, 5.74) is 10.2. The number of halogens is 3. The maximum absolute atomic E-state index is 13.8. The van der Waals surface area contributed by atoms with Gasteiger partial charge in [0.1, 0.15) is 0 Å². The van der Waals surface area contributed by atoms with E-state index in [2.05, 4.69) is 86.9 Å². The van der Waals surface area contributed by atoms with Crippen LogP contribution in [0.2, 0.25) is 0 Å². The van der Waals surface area contributed by atoms with Crippen LogP contribution in [-0.2, 0) is 27.7 Å². The molecule has 0 radical (unpaired) electrons. The predicted molar refractivity (Wildman–Crippen MR) is 145 cm³/mol. The van der Waals surface area contributed by atoms with Crippen molar-refractivity contribution < 1.29 is 50.5 Å². The molecule has 0 fully saturated rings. The van der Waals surface area contributed by atoms with Gasteiger partial charge in [0.2, 0.25) is 0 Å². The average Bonchev–Trinajstić information content (AvgIpc) is 3.42. The van der Waals surface area contributed by atoms with Crippen molar-refractivity contribution in [3.63, 3.8) is 0 Å². The number of rotatable bonds is 5. The largest absolute Gasteiger partial charge is 1.00 e. The van der Waals surface area contributed by atoms with Gasteiger partial charge in [-0.15, -0.1) is 0 Å². The molecule has 0 heterocycles. The van der Waals surface area contributed by atoms with E-state index in [0.717, 1.165) is 24.8 Å². The quantitative estimate of drug-likeness (QED) is 0.325. The molecule has 0 amide bonds. The van der Waals surface area contributed by atoms with Crippen molar-refractivity contribution in [1.29, 1.82) is 0 Å². The van der Waals surface area contributed by atoms with Crippen molar-refractivity contribution in [2.24, 2.45) is 11.3 Å². The third kappa shape index (κ3) is 5.73. The molecule has 0 saturated heterocycles. The SMILES string of the molecule is CCC1=[C](/[Zr+2](=[CH]/c2ccc(F)cc2)[c]2cccc3c2Cc2ccccc2-3)C(CC)C=C1C(C)(C)C.[Cl-].[Cl-]. The number of hydrogen-bond acceptors (Lipinski definition) is 0. The Bertz CT molecular complexity index is 1370. The molecule has 5 rings (SSSR count). The normalized spacial score (nSPS) is 16.1. The molecule has 0 N–H and O–H groups in total. The Labute approximate surface area is 242 Å². The van der Waals surface area contributed by atoms with Crippen LogP contribution in [0.3, 0.4) is 0 Å². The number of fused-ring (bicyclic) bond motifs is 3. The van der Waals surface area contributed by atoms with Gasteiger partial charge in [-0.25, -0.2) is 0 Å². The third-order valence-corrected chi connectivity index (χ3v) is 14.8. The van der Waals surface area contributed by atoms with Crippen molar-refractivity contribution in [3.05, 3.63) is 110 Å². The van der Waals surface area contributed by atoms with E-state index in [0.29, 0.717) is 5.92 Å². The number of hydrogen-bond donors (Lipinski definition) is 0. The predicted octanol–water partition coefficient (Wildman–Crippen LogP) is 2.18. The maximum Gasteiger partial charge on any atom is -1.00 e. The minimum atomic E-state index is -2.53. The van der Waals surface area contributed by atoms with Crippen LogP contribution in [-0.4, -0.2) is 3.71 Å². The summed E-state index contributed by atoms with van der Waals surface area (Å²) in [6, 6.07) is 23.0. The van der Waals surface area contributed by atoms with E-state index in [1.54, 1.807) is 29.8 Å². The van der Waals surface area contributed by atoms with Gasteiger partial charge in [-0.05, 0) is 0 Å². The molecular weight excluding hydrogens is 577 g/mol. The van der Waals surface area contributed by atoms with E-state index in [1.807, 2.05) is 12.1 Å². The molecule has 3 aromatic carbocycles. The number of allylic oxidation sites excluding steroid dienone is 4. The minimum absolute atomic E-state index is 0. The second-order valence-corrected chi connectivity index (χ2v) is 16.3. The fourth-order valence-electron chi connectivity index (χ4n) is 5.96. The van der Waals surface area contributed by atoms with Gasteiger partial charge in [0, 0.05) is 0 Å². The zero-order valence-electron chi connectivity index (χ0n) is 22.3. The molecule has 0 aliphatic heterocycles. The Kier molecular flexibility index (Phi) is 9.77. The molecule has 1 unspecified atom stereocenters. The van der Waals surface area contributed by atoms with Gasteiger partial charge in [-0.3, -0.25) is 0 Å². The smallest absolute Gasteiger partial charge is 1.00 e. The summed E-state index contributed by atoms with van der Waals surface area (Å²) in [6.07, 6.45) is 5.82. The van der Waals surface area contributed by atoms with Gasteiger partial charge in [0.05, 0.1) is 0 Å². The molecule has 192 valence electrons. The topological polar surface area (TPSA) is 0 Å². The van der Waals surface area contributed by atoms with Crippen LogP contribution in [0.15, 0.2) is 87.2 Å². The Morgan fingerprint density at radius 1 is 0.892 bits per heavy atom. The molecule has 37 heavy (non-hydrogen) atoms. The summed E-state index contributed by atoms with van der Waals surface area (Å²) in [5.74, 6) is 0.339. The fourth-order valence-corrected chi connectivity index (χ4v) is 14.0. The molecule has 1 atom stereocenters. The zero-order valence-corrected chi connectivity index (χ0v) is 26.3. The van der Waals surface area contributed by atoms with E-state index in [1.165, 1.54) is 22.3 Å². The van der Waals surface area contributed by atoms with Gasteiger partial charge in [-0.2, -0.15) is 0 Å². The summed E-state index contributed by atoms with van der Waals surface area (Å²) in [4.78, 5) is 0. The Balaban J connectivity index is 0.00000190. The average molecular weight is 613 g/mol. The van der Waals surface area contributed by atoms with Gasteiger partial charge in [0.25, 0.3) is 0 Å². The molecule has 0 spiro atoms. The van der Waals surface area contributed by atoms with Gasteiger partial charge >= 0.3 is 219 Å². The van der Waals surface area contributed by atoms with Crippen molar-refractivity contribution in [1.82, 2.24) is 0 Å². The van der Waals surface area contributed by atoms with Crippen LogP contribution >= 0.6 is 0 Å². The van der Waals surface area contributed by atoms with E-state index >= 15 is 0 Å². The molecule has 0 nitrogen and oxygen atoms in total. The molecule has 3 aromatic rings. The second kappa shape index (κ2) is 12.1. The summed E-state index contributed by atoms with van der Waals surface area (Å²) < 4.78 is 19.7. The molecule has 0 bridgehead atoms. The number of benzene rings is 3. The van der Waals surface area contributed by atoms with E-state index in [4.69, 9.17) is 0 Å². The van der Waals surface area contributed by atoms with Gasteiger partial charge in [0.15, 0.2) is 0 Å². The molecule has 0 saturated carbocycles. The third-order valence-electron chi connectivity index (χ3n) is 7.60. The van der Waals surface area contributed by atoms with Crippen LogP contribution in [0.25, 0.3) is 11.1 Å². The molecule has 2 aliphatic rings. The second-order valence-electron chi connectivity index (χ2n) is 10.9. The Hall–Kier alpha value is -1.60. The van der Waals surface area contributed by atoms with Crippen LogP contribution < -0.4 is 28.1 Å². The minimum Gasteiger partial charge on any atom is -1.00 e.